The third-order valence-corrected chi connectivity index (χ3v) is 2.28. The Morgan fingerprint density at radius 2 is 2.36 bits per heavy atom. The molecule has 0 fully saturated rings. The summed E-state index contributed by atoms with van der Waals surface area (Å²) in [5, 5.41) is 9.08. The van der Waals surface area contributed by atoms with Gasteiger partial charge in [-0.2, -0.15) is 5.26 Å². The third-order valence-electron chi connectivity index (χ3n) is 2.28. The fourth-order valence-electron chi connectivity index (χ4n) is 1.59. The Kier molecular flexibility index (Phi) is 3.08. The maximum atomic E-state index is 10.9. The zero-order chi connectivity index (χ0) is 10.6. The molecule has 0 aromatic carbocycles. The number of nitriles is 1. The van der Waals surface area contributed by atoms with Crippen molar-refractivity contribution in [2.75, 3.05) is 0 Å². The van der Waals surface area contributed by atoms with Crippen molar-refractivity contribution < 1.29 is 9.53 Å². The van der Waals surface area contributed by atoms with Crippen LogP contribution in [0.15, 0.2) is 24.3 Å². The Bertz CT molecular complexity index is 325. The van der Waals surface area contributed by atoms with Crippen LogP contribution in [0.1, 0.15) is 20.3 Å². The van der Waals surface area contributed by atoms with Crippen molar-refractivity contribution in [1.29, 1.82) is 5.26 Å². The van der Waals surface area contributed by atoms with Gasteiger partial charge in [0.05, 0.1) is 0 Å². The number of rotatable bonds is 2. The van der Waals surface area contributed by atoms with Crippen LogP contribution in [-0.4, -0.2) is 11.6 Å². The molecule has 0 bridgehead atoms. The van der Waals surface area contributed by atoms with Crippen LogP contribution in [0.25, 0.3) is 0 Å². The van der Waals surface area contributed by atoms with Crippen LogP contribution in [0.5, 0.6) is 0 Å². The van der Waals surface area contributed by atoms with E-state index in [4.69, 9.17) is 10.00 Å². The molecule has 0 aliphatic heterocycles. The summed E-state index contributed by atoms with van der Waals surface area (Å²) >= 11 is 0. The van der Waals surface area contributed by atoms with Crippen molar-refractivity contribution in [2.24, 2.45) is 5.92 Å². The Labute approximate surface area is 83.7 Å². The summed E-state index contributed by atoms with van der Waals surface area (Å²) < 4.78 is 5.09. The largest absolute Gasteiger partial charge is 0.439 e. The van der Waals surface area contributed by atoms with E-state index in [1.165, 1.54) is 6.92 Å². The number of carbonyl (C=O) groups is 1. The minimum absolute atomic E-state index is 0.0543. The predicted molar refractivity (Wildman–Crippen MR) is 52.2 cm³/mol. The number of ether oxygens (including phenoxy) is 1. The van der Waals surface area contributed by atoms with Crippen molar-refractivity contribution in [3.8, 4) is 6.07 Å². The molecule has 0 N–H and O–H groups in total. The van der Waals surface area contributed by atoms with Gasteiger partial charge in [-0.25, -0.2) is 0 Å². The summed E-state index contributed by atoms with van der Waals surface area (Å²) in [5.41, 5.74) is -1.10. The molecule has 0 saturated heterocycles. The standard InChI is InChI=1S/C11H13NO2/c1-3-10-6-4-5-7-11(10,8-12)14-9(2)13/h4-7,10H,3H2,1-2H3. The van der Waals surface area contributed by atoms with Crippen LogP contribution >= 0.6 is 0 Å². The van der Waals surface area contributed by atoms with Gasteiger partial charge in [0.2, 0.25) is 5.60 Å². The van der Waals surface area contributed by atoms with Gasteiger partial charge in [0.1, 0.15) is 6.07 Å². The molecule has 1 aliphatic rings. The first kappa shape index (κ1) is 10.5. The van der Waals surface area contributed by atoms with Gasteiger partial charge in [-0.3, -0.25) is 4.79 Å². The van der Waals surface area contributed by atoms with Crippen LogP contribution in [-0.2, 0) is 9.53 Å². The normalized spacial score (nSPS) is 29.6. The second-order valence-electron chi connectivity index (χ2n) is 3.26. The second kappa shape index (κ2) is 4.10. The number of allylic oxidation sites excluding steroid dienone is 2. The molecular weight excluding hydrogens is 178 g/mol. The molecule has 2 unspecified atom stereocenters. The highest BCUT2D eigenvalue weighted by molar-refractivity contribution is 5.67. The maximum Gasteiger partial charge on any atom is 0.304 e. The summed E-state index contributed by atoms with van der Waals surface area (Å²) in [4.78, 5) is 10.9. The van der Waals surface area contributed by atoms with Crippen LogP contribution in [0.2, 0.25) is 0 Å². The van der Waals surface area contributed by atoms with Gasteiger partial charge in [-0.15, -0.1) is 0 Å². The van der Waals surface area contributed by atoms with E-state index in [1.54, 1.807) is 12.2 Å². The quantitative estimate of drug-likeness (QED) is 0.627. The summed E-state index contributed by atoms with van der Waals surface area (Å²) in [6.07, 6.45) is 7.90. The first-order valence-corrected chi connectivity index (χ1v) is 4.61. The minimum atomic E-state index is -1.10. The molecule has 0 aromatic heterocycles. The highest BCUT2D eigenvalue weighted by Crippen LogP contribution is 2.30. The Hall–Kier alpha value is -1.56. The zero-order valence-corrected chi connectivity index (χ0v) is 8.36. The first-order valence-electron chi connectivity index (χ1n) is 4.61. The van der Waals surface area contributed by atoms with E-state index in [9.17, 15) is 4.79 Å². The lowest BCUT2D eigenvalue weighted by molar-refractivity contribution is -0.150. The molecule has 0 amide bonds. The van der Waals surface area contributed by atoms with E-state index in [2.05, 4.69) is 6.07 Å². The van der Waals surface area contributed by atoms with Gasteiger partial charge in [0.15, 0.2) is 0 Å². The van der Waals surface area contributed by atoms with Crippen LogP contribution < -0.4 is 0 Å². The number of nitrogens with zero attached hydrogens (tertiary/aromatic N) is 1. The van der Waals surface area contributed by atoms with Crippen LogP contribution in [0.4, 0.5) is 0 Å². The van der Waals surface area contributed by atoms with E-state index in [0.29, 0.717) is 0 Å². The summed E-state index contributed by atoms with van der Waals surface area (Å²) in [6, 6.07) is 2.07. The molecular formula is C11H13NO2. The van der Waals surface area contributed by atoms with Crippen molar-refractivity contribution in [3.05, 3.63) is 24.3 Å². The number of esters is 1. The predicted octanol–water partition coefficient (Wildman–Crippen LogP) is 1.96. The van der Waals surface area contributed by atoms with Crippen LogP contribution in [0.3, 0.4) is 0 Å². The average Bonchev–Trinajstić information content (AvgIpc) is 2.17. The lowest BCUT2D eigenvalue weighted by atomic mass is 9.83. The monoisotopic (exact) mass is 191 g/mol. The fourth-order valence-corrected chi connectivity index (χ4v) is 1.59. The molecule has 3 nitrogen and oxygen atoms in total. The molecule has 1 rings (SSSR count). The van der Waals surface area contributed by atoms with Crippen molar-refractivity contribution in [2.45, 2.75) is 25.9 Å². The van der Waals surface area contributed by atoms with E-state index < -0.39 is 11.6 Å². The van der Waals surface area contributed by atoms with E-state index >= 15 is 0 Å². The molecule has 0 radical (unpaired) electrons. The van der Waals surface area contributed by atoms with Gasteiger partial charge in [0, 0.05) is 12.8 Å². The van der Waals surface area contributed by atoms with Crippen LogP contribution in [0, 0.1) is 17.2 Å². The molecule has 0 saturated carbocycles. The Morgan fingerprint density at radius 3 is 2.86 bits per heavy atom. The Balaban J connectivity index is 2.97. The lowest BCUT2D eigenvalue weighted by Gasteiger charge is -2.30. The molecule has 2 atom stereocenters. The second-order valence-corrected chi connectivity index (χ2v) is 3.26. The van der Waals surface area contributed by atoms with Gasteiger partial charge in [0.25, 0.3) is 0 Å². The average molecular weight is 191 g/mol. The molecule has 14 heavy (non-hydrogen) atoms. The molecule has 1 aliphatic carbocycles. The number of carbonyl (C=O) groups excluding carboxylic acids is 1. The fraction of sp³-hybridized carbons (Fsp3) is 0.455. The third kappa shape index (κ3) is 1.85. The highest BCUT2D eigenvalue weighted by atomic mass is 16.6. The van der Waals surface area contributed by atoms with Gasteiger partial charge < -0.3 is 4.74 Å². The number of hydrogen-bond acceptors (Lipinski definition) is 3. The molecule has 0 heterocycles. The molecule has 74 valence electrons. The summed E-state index contributed by atoms with van der Waals surface area (Å²) in [7, 11) is 0. The van der Waals surface area contributed by atoms with Gasteiger partial charge >= 0.3 is 5.97 Å². The highest BCUT2D eigenvalue weighted by Gasteiger charge is 2.38. The molecule has 0 spiro atoms. The lowest BCUT2D eigenvalue weighted by Crippen LogP contribution is -2.39. The molecule has 0 aromatic rings. The summed E-state index contributed by atoms with van der Waals surface area (Å²) in [5.74, 6) is -0.480. The van der Waals surface area contributed by atoms with Crippen molar-refractivity contribution in [1.82, 2.24) is 0 Å². The summed E-state index contributed by atoms with van der Waals surface area (Å²) in [6.45, 7) is 3.28. The molecule has 3 heteroatoms. The van der Waals surface area contributed by atoms with E-state index in [1.807, 2.05) is 19.1 Å². The van der Waals surface area contributed by atoms with E-state index in [0.717, 1.165) is 6.42 Å². The Morgan fingerprint density at radius 1 is 1.64 bits per heavy atom. The van der Waals surface area contributed by atoms with E-state index in [-0.39, 0.29) is 5.92 Å². The topological polar surface area (TPSA) is 50.1 Å². The zero-order valence-electron chi connectivity index (χ0n) is 8.36. The van der Waals surface area contributed by atoms with Crippen molar-refractivity contribution in [3.63, 3.8) is 0 Å². The number of hydrogen-bond donors (Lipinski definition) is 0. The minimum Gasteiger partial charge on any atom is -0.439 e. The van der Waals surface area contributed by atoms with Gasteiger partial charge in [-0.05, 0) is 12.5 Å². The first-order chi connectivity index (χ1) is 6.64. The SMILES string of the molecule is CCC1C=CC=CC1(C#N)OC(C)=O. The van der Waals surface area contributed by atoms with Crippen molar-refractivity contribution >= 4 is 5.97 Å². The maximum absolute atomic E-state index is 10.9. The smallest absolute Gasteiger partial charge is 0.304 e. The van der Waals surface area contributed by atoms with Gasteiger partial charge in [-0.1, -0.05) is 25.2 Å².